The highest BCUT2D eigenvalue weighted by Crippen LogP contribution is 2.23. The van der Waals surface area contributed by atoms with Crippen molar-refractivity contribution in [1.82, 2.24) is 4.90 Å². The van der Waals surface area contributed by atoms with Gasteiger partial charge in [0.1, 0.15) is 6.61 Å². The molecule has 1 N–H and O–H groups in total. The summed E-state index contributed by atoms with van der Waals surface area (Å²) in [6, 6.07) is 17.4. The molecule has 1 aliphatic heterocycles. The van der Waals surface area contributed by atoms with Crippen molar-refractivity contribution in [2.75, 3.05) is 13.1 Å². The van der Waals surface area contributed by atoms with E-state index in [1.54, 1.807) is 4.90 Å². The van der Waals surface area contributed by atoms with Gasteiger partial charge in [-0.05, 0) is 23.1 Å². The van der Waals surface area contributed by atoms with Crippen LogP contribution in [0.3, 0.4) is 0 Å². The zero-order valence-corrected chi connectivity index (χ0v) is 12.3. The zero-order chi connectivity index (χ0) is 15.4. The van der Waals surface area contributed by atoms with Crippen LogP contribution in [0.5, 0.6) is 0 Å². The highest BCUT2D eigenvalue weighted by molar-refractivity contribution is 5.68. The third-order valence-corrected chi connectivity index (χ3v) is 3.92. The van der Waals surface area contributed by atoms with Crippen LogP contribution in [0.2, 0.25) is 0 Å². The van der Waals surface area contributed by atoms with Crippen molar-refractivity contribution in [3.05, 3.63) is 71.3 Å². The molecule has 0 aliphatic carbocycles. The van der Waals surface area contributed by atoms with Gasteiger partial charge in [0.25, 0.3) is 0 Å². The van der Waals surface area contributed by atoms with E-state index in [9.17, 15) is 9.90 Å². The minimum absolute atomic E-state index is 0.249. The summed E-state index contributed by atoms with van der Waals surface area (Å²) in [6.45, 7) is 1.07. The summed E-state index contributed by atoms with van der Waals surface area (Å²) in [5.41, 5.74) is 2.95. The van der Waals surface area contributed by atoms with Crippen molar-refractivity contribution in [3.63, 3.8) is 0 Å². The van der Waals surface area contributed by atoms with Crippen molar-refractivity contribution in [3.8, 4) is 0 Å². The van der Waals surface area contributed by atoms with Gasteiger partial charge in [0.05, 0.1) is 12.6 Å². The second kappa shape index (κ2) is 6.62. The largest absolute Gasteiger partial charge is 0.445 e. The van der Waals surface area contributed by atoms with Gasteiger partial charge in [0.15, 0.2) is 0 Å². The van der Waals surface area contributed by atoms with Crippen molar-refractivity contribution < 1.29 is 14.6 Å². The number of benzene rings is 2. The Kier molecular flexibility index (Phi) is 4.39. The van der Waals surface area contributed by atoms with Gasteiger partial charge in [-0.15, -0.1) is 0 Å². The first-order chi connectivity index (χ1) is 10.7. The predicted octanol–water partition coefficient (Wildman–Crippen LogP) is 2.91. The van der Waals surface area contributed by atoms with E-state index in [0.717, 1.165) is 23.1 Å². The Morgan fingerprint density at radius 3 is 2.68 bits per heavy atom. The van der Waals surface area contributed by atoms with Gasteiger partial charge < -0.3 is 14.7 Å². The first-order valence-electron chi connectivity index (χ1n) is 7.45. The van der Waals surface area contributed by atoms with Crippen LogP contribution in [0.15, 0.2) is 54.6 Å². The summed E-state index contributed by atoms with van der Waals surface area (Å²) >= 11 is 0. The fourth-order valence-corrected chi connectivity index (χ4v) is 2.72. The average molecular weight is 297 g/mol. The Morgan fingerprint density at radius 2 is 1.86 bits per heavy atom. The number of hydrogen-bond acceptors (Lipinski definition) is 3. The van der Waals surface area contributed by atoms with Crippen LogP contribution < -0.4 is 0 Å². The molecule has 0 bridgehead atoms. The second-order valence-electron chi connectivity index (χ2n) is 5.45. The second-order valence-corrected chi connectivity index (χ2v) is 5.45. The van der Waals surface area contributed by atoms with Crippen LogP contribution >= 0.6 is 0 Å². The van der Waals surface area contributed by atoms with E-state index in [4.69, 9.17) is 4.74 Å². The maximum atomic E-state index is 12.2. The van der Waals surface area contributed by atoms with Gasteiger partial charge in [0, 0.05) is 6.54 Å². The lowest BCUT2D eigenvalue weighted by molar-refractivity contribution is 0.0724. The molecule has 1 heterocycles. The van der Waals surface area contributed by atoms with E-state index in [1.165, 1.54) is 0 Å². The minimum Gasteiger partial charge on any atom is -0.445 e. The summed E-state index contributed by atoms with van der Waals surface area (Å²) < 4.78 is 5.35. The standard InChI is InChI=1S/C18H19NO3/c20-17-12-19(11-10-15-8-4-5-9-16(15)17)18(21)22-13-14-6-2-1-3-7-14/h1-9,17,20H,10-13H2. The van der Waals surface area contributed by atoms with E-state index in [1.807, 2.05) is 54.6 Å². The van der Waals surface area contributed by atoms with Crippen molar-refractivity contribution in [1.29, 1.82) is 0 Å². The highest BCUT2D eigenvalue weighted by atomic mass is 16.6. The number of aliphatic hydroxyl groups excluding tert-OH is 1. The number of hydrogen-bond donors (Lipinski definition) is 1. The molecule has 1 aliphatic rings. The average Bonchev–Trinajstić information content (AvgIpc) is 2.73. The molecule has 0 saturated heterocycles. The molecular formula is C18H19NO3. The molecule has 0 fully saturated rings. The first kappa shape index (κ1) is 14.6. The van der Waals surface area contributed by atoms with Crippen molar-refractivity contribution >= 4 is 6.09 Å². The molecule has 0 aromatic heterocycles. The number of amides is 1. The Balaban J connectivity index is 1.62. The first-order valence-corrected chi connectivity index (χ1v) is 7.45. The molecule has 0 radical (unpaired) electrons. The molecule has 0 saturated carbocycles. The Morgan fingerprint density at radius 1 is 1.14 bits per heavy atom. The minimum atomic E-state index is -0.664. The normalized spacial score (nSPS) is 17.5. The van der Waals surface area contributed by atoms with Crippen LogP contribution in [0.4, 0.5) is 4.79 Å². The third kappa shape index (κ3) is 3.28. The van der Waals surface area contributed by atoms with Gasteiger partial charge in [-0.3, -0.25) is 0 Å². The van der Waals surface area contributed by atoms with Gasteiger partial charge in [0.2, 0.25) is 0 Å². The lowest BCUT2D eigenvalue weighted by Gasteiger charge is -2.21. The van der Waals surface area contributed by atoms with E-state index < -0.39 is 6.10 Å². The molecule has 4 heteroatoms. The van der Waals surface area contributed by atoms with Crippen LogP contribution in [0.25, 0.3) is 0 Å². The number of carbonyl (C=O) groups is 1. The Bertz CT molecular complexity index is 642. The van der Waals surface area contributed by atoms with Gasteiger partial charge in [-0.2, -0.15) is 0 Å². The van der Waals surface area contributed by atoms with Crippen LogP contribution in [-0.4, -0.2) is 29.2 Å². The molecule has 0 spiro atoms. The molecule has 3 rings (SSSR count). The van der Waals surface area contributed by atoms with E-state index in [2.05, 4.69) is 0 Å². The summed E-state index contributed by atoms with van der Waals surface area (Å²) in [6.07, 6.45) is -0.313. The van der Waals surface area contributed by atoms with Crippen LogP contribution in [0.1, 0.15) is 22.8 Å². The topological polar surface area (TPSA) is 49.8 Å². The fourth-order valence-electron chi connectivity index (χ4n) is 2.72. The lowest BCUT2D eigenvalue weighted by atomic mass is 10.0. The molecule has 114 valence electrons. The molecule has 2 aromatic carbocycles. The smallest absolute Gasteiger partial charge is 0.410 e. The molecule has 1 unspecified atom stereocenters. The van der Waals surface area contributed by atoms with Gasteiger partial charge >= 0.3 is 6.09 Å². The zero-order valence-electron chi connectivity index (χ0n) is 12.3. The number of aliphatic hydroxyl groups is 1. The number of ether oxygens (including phenoxy) is 1. The summed E-state index contributed by atoms with van der Waals surface area (Å²) in [4.78, 5) is 13.8. The monoisotopic (exact) mass is 297 g/mol. The van der Waals surface area contributed by atoms with Crippen LogP contribution in [-0.2, 0) is 17.8 Å². The molecule has 22 heavy (non-hydrogen) atoms. The number of β-amino-alcohol motifs (C(OH)–C–C–N with tert-alkyl or cyclic N) is 1. The van der Waals surface area contributed by atoms with Crippen LogP contribution in [0, 0.1) is 0 Å². The van der Waals surface area contributed by atoms with Gasteiger partial charge in [-0.25, -0.2) is 4.79 Å². The number of carbonyl (C=O) groups excluding carboxylic acids is 1. The molecule has 1 atom stereocenters. The summed E-state index contributed by atoms with van der Waals surface area (Å²) in [5.74, 6) is 0. The van der Waals surface area contributed by atoms with E-state index in [0.29, 0.717) is 6.54 Å². The quantitative estimate of drug-likeness (QED) is 0.927. The number of fused-ring (bicyclic) bond motifs is 1. The van der Waals surface area contributed by atoms with Crippen molar-refractivity contribution in [2.24, 2.45) is 0 Å². The lowest BCUT2D eigenvalue weighted by Crippen LogP contribution is -2.35. The third-order valence-electron chi connectivity index (χ3n) is 3.92. The van der Waals surface area contributed by atoms with E-state index in [-0.39, 0.29) is 19.2 Å². The number of nitrogens with zero attached hydrogens (tertiary/aromatic N) is 1. The Labute approximate surface area is 130 Å². The summed E-state index contributed by atoms with van der Waals surface area (Å²) in [7, 11) is 0. The molecule has 2 aromatic rings. The fraction of sp³-hybridized carbons (Fsp3) is 0.278. The van der Waals surface area contributed by atoms with Gasteiger partial charge in [-0.1, -0.05) is 54.6 Å². The summed E-state index contributed by atoms with van der Waals surface area (Å²) in [5, 5.41) is 10.3. The number of rotatable bonds is 2. The molecular weight excluding hydrogens is 278 g/mol. The SMILES string of the molecule is O=C(OCc1ccccc1)N1CCc2ccccc2C(O)C1. The molecule has 1 amide bonds. The maximum Gasteiger partial charge on any atom is 0.410 e. The molecule has 4 nitrogen and oxygen atoms in total. The van der Waals surface area contributed by atoms with Crippen molar-refractivity contribution in [2.45, 2.75) is 19.1 Å². The Hall–Kier alpha value is -2.33. The van der Waals surface area contributed by atoms with E-state index >= 15 is 0 Å². The maximum absolute atomic E-state index is 12.2. The highest BCUT2D eigenvalue weighted by Gasteiger charge is 2.25. The predicted molar refractivity (Wildman–Crippen MR) is 83.3 cm³/mol.